The largest absolute Gasteiger partial charge is 0.462 e. The Hall–Kier alpha value is -1.42. The molecule has 0 heterocycles. The lowest BCUT2D eigenvalue weighted by Gasteiger charge is -2.05. The maximum atomic E-state index is 13.1. The van der Waals surface area contributed by atoms with Crippen LogP contribution in [0.4, 0.5) is 4.39 Å². The van der Waals surface area contributed by atoms with Gasteiger partial charge in [-0.15, -0.1) is 0 Å². The van der Waals surface area contributed by atoms with Gasteiger partial charge in [-0.2, -0.15) is 0 Å². The first-order valence-corrected chi connectivity index (χ1v) is 4.59. The van der Waals surface area contributed by atoms with E-state index in [1.165, 1.54) is 6.07 Å². The number of carbonyl (C=O) groups excluding carboxylic acids is 2. The summed E-state index contributed by atoms with van der Waals surface area (Å²) in [6, 6.07) is 2.15. The molecule has 3 nitrogen and oxygen atoms in total. The third-order valence-corrected chi connectivity index (χ3v) is 2.07. The van der Waals surface area contributed by atoms with Crippen molar-refractivity contribution in [2.75, 3.05) is 6.61 Å². The lowest BCUT2D eigenvalue weighted by Crippen LogP contribution is -2.07. The van der Waals surface area contributed by atoms with Crippen LogP contribution in [0, 0.1) is 5.82 Å². The normalized spacial score (nSPS) is 9.80. The maximum Gasteiger partial charge on any atom is 0.339 e. The third kappa shape index (κ3) is 2.53. The molecule has 0 spiro atoms. The van der Waals surface area contributed by atoms with Crippen molar-refractivity contribution < 1.29 is 18.7 Å². The second-order valence-electron chi connectivity index (χ2n) is 2.70. The fourth-order valence-electron chi connectivity index (χ4n) is 1.04. The summed E-state index contributed by atoms with van der Waals surface area (Å²) in [5.41, 5.74) is -0.0967. The van der Waals surface area contributed by atoms with E-state index >= 15 is 0 Å². The highest BCUT2D eigenvalue weighted by Gasteiger charge is 2.16. The van der Waals surface area contributed by atoms with Gasteiger partial charge in [0, 0.05) is 5.56 Å². The van der Waals surface area contributed by atoms with Gasteiger partial charge in [0.2, 0.25) is 0 Å². The average molecular weight is 231 g/mol. The smallest absolute Gasteiger partial charge is 0.339 e. The Morgan fingerprint density at radius 3 is 2.80 bits per heavy atom. The van der Waals surface area contributed by atoms with Gasteiger partial charge in [-0.1, -0.05) is 11.6 Å². The van der Waals surface area contributed by atoms with Gasteiger partial charge in [0.05, 0.1) is 17.2 Å². The minimum atomic E-state index is -0.815. The Morgan fingerprint density at radius 1 is 1.60 bits per heavy atom. The molecule has 0 atom stereocenters. The molecular weight excluding hydrogens is 223 g/mol. The lowest BCUT2D eigenvalue weighted by molar-refractivity contribution is 0.0526. The SMILES string of the molecule is CCOC(=O)c1cc(C=O)cc(F)c1Cl. The van der Waals surface area contributed by atoms with Gasteiger partial charge in [0.25, 0.3) is 0 Å². The Labute approximate surface area is 90.8 Å². The number of halogens is 2. The van der Waals surface area contributed by atoms with E-state index in [4.69, 9.17) is 11.6 Å². The van der Waals surface area contributed by atoms with Crippen LogP contribution in [-0.4, -0.2) is 18.9 Å². The molecule has 0 bridgehead atoms. The topological polar surface area (TPSA) is 43.4 Å². The van der Waals surface area contributed by atoms with Crippen molar-refractivity contribution in [3.63, 3.8) is 0 Å². The summed E-state index contributed by atoms with van der Waals surface area (Å²) in [6.45, 7) is 1.77. The molecule has 0 unspecified atom stereocenters. The minimum absolute atomic E-state index is 0.0416. The van der Waals surface area contributed by atoms with Gasteiger partial charge in [-0.3, -0.25) is 4.79 Å². The number of hydrogen-bond acceptors (Lipinski definition) is 3. The second-order valence-corrected chi connectivity index (χ2v) is 3.08. The summed E-state index contributed by atoms with van der Waals surface area (Å²) in [5, 5.41) is -0.334. The van der Waals surface area contributed by atoms with Gasteiger partial charge in [0.1, 0.15) is 12.1 Å². The summed E-state index contributed by atoms with van der Waals surface area (Å²) in [5.74, 6) is -1.56. The van der Waals surface area contributed by atoms with Gasteiger partial charge in [-0.25, -0.2) is 9.18 Å². The molecule has 0 saturated heterocycles. The maximum absolute atomic E-state index is 13.1. The van der Waals surface area contributed by atoms with Crippen molar-refractivity contribution in [3.8, 4) is 0 Å². The molecule has 0 aliphatic rings. The monoisotopic (exact) mass is 230 g/mol. The van der Waals surface area contributed by atoms with E-state index in [1.807, 2.05) is 0 Å². The first kappa shape index (κ1) is 11.7. The summed E-state index contributed by atoms with van der Waals surface area (Å²) in [7, 11) is 0. The molecule has 0 aliphatic heterocycles. The second kappa shape index (κ2) is 4.89. The van der Waals surface area contributed by atoms with E-state index in [0.29, 0.717) is 6.29 Å². The van der Waals surface area contributed by atoms with E-state index in [1.54, 1.807) is 6.92 Å². The van der Waals surface area contributed by atoms with Crippen LogP contribution in [0.1, 0.15) is 27.6 Å². The Balaban J connectivity index is 3.21. The number of aldehydes is 1. The average Bonchev–Trinajstić information content (AvgIpc) is 2.22. The number of carbonyl (C=O) groups is 2. The molecule has 0 aromatic heterocycles. The standard InChI is InChI=1S/C10H8ClFO3/c1-2-15-10(14)7-3-6(5-13)4-8(12)9(7)11/h3-5H,2H2,1H3. The van der Waals surface area contributed by atoms with Crippen LogP contribution in [0.5, 0.6) is 0 Å². The van der Waals surface area contributed by atoms with Gasteiger partial charge < -0.3 is 4.74 Å². The third-order valence-electron chi connectivity index (χ3n) is 1.68. The van der Waals surface area contributed by atoms with Gasteiger partial charge in [0.15, 0.2) is 0 Å². The molecule has 0 fully saturated rings. The molecule has 5 heteroatoms. The Morgan fingerprint density at radius 2 is 2.27 bits per heavy atom. The highest BCUT2D eigenvalue weighted by atomic mass is 35.5. The van der Waals surface area contributed by atoms with Crippen molar-refractivity contribution in [1.82, 2.24) is 0 Å². The predicted molar refractivity (Wildman–Crippen MR) is 52.8 cm³/mol. The zero-order valence-corrected chi connectivity index (χ0v) is 8.68. The lowest BCUT2D eigenvalue weighted by atomic mass is 10.1. The Kier molecular flexibility index (Phi) is 3.80. The van der Waals surface area contributed by atoms with Crippen LogP contribution in [0.25, 0.3) is 0 Å². The minimum Gasteiger partial charge on any atom is -0.462 e. The highest BCUT2D eigenvalue weighted by molar-refractivity contribution is 6.33. The summed E-state index contributed by atoms with van der Waals surface area (Å²) in [6.07, 6.45) is 0.433. The van der Waals surface area contributed by atoms with Crippen molar-refractivity contribution in [2.45, 2.75) is 6.92 Å². The van der Waals surface area contributed by atoms with Crippen LogP contribution >= 0.6 is 11.6 Å². The fourth-order valence-corrected chi connectivity index (χ4v) is 1.22. The molecule has 0 radical (unpaired) electrons. The van der Waals surface area contributed by atoms with Crippen LogP contribution < -0.4 is 0 Å². The molecule has 0 saturated carbocycles. The number of benzene rings is 1. The molecule has 0 aliphatic carbocycles. The van der Waals surface area contributed by atoms with Crippen LogP contribution in [-0.2, 0) is 4.74 Å². The van der Waals surface area contributed by atoms with Gasteiger partial charge >= 0.3 is 5.97 Å². The van der Waals surface area contributed by atoms with E-state index in [0.717, 1.165) is 6.07 Å². The van der Waals surface area contributed by atoms with Crippen molar-refractivity contribution in [3.05, 3.63) is 34.1 Å². The number of hydrogen-bond donors (Lipinski definition) is 0. The van der Waals surface area contributed by atoms with Crippen molar-refractivity contribution in [1.29, 1.82) is 0 Å². The summed E-state index contributed by atoms with van der Waals surface area (Å²) >= 11 is 5.56. The fraction of sp³-hybridized carbons (Fsp3) is 0.200. The molecule has 1 rings (SSSR count). The number of esters is 1. The zero-order valence-electron chi connectivity index (χ0n) is 7.92. The molecule has 15 heavy (non-hydrogen) atoms. The van der Waals surface area contributed by atoms with E-state index in [2.05, 4.69) is 4.74 Å². The summed E-state index contributed by atoms with van der Waals surface area (Å²) < 4.78 is 17.8. The van der Waals surface area contributed by atoms with E-state index < -0.39 is 11.8 Å². The molecule has 80 valence electrons. The number of ether oxygens (including phenoxy) is 1. The molecule has 0 N–H and O–H groups in total. The Bertz CT molecular complexity index is 404. The highest BCUT2D eigenvalue weighted by Crippen LogP contribution is 2.22. The van der Waals surface area contributed by atoms with E-state index in [9.17, 15) is 14.0 Å². The number of rotatable bonds is 3. The van der Waals surface area contributed by atoms with Crippen LogP contribution in [0.2, 0.25) is 5.02 Å². The van der Waals surface area contributed by atoms with Crippen molar-refractivity contribution in [2.24, 2.45) is 0 Å². The molecular formula is C10H8ClFO3. The molecule has 0 amide bonds. The summed E-state index contributed by atoms with van der Waals surface area (Å²) in [4.78, 5) is 21.7. The van der Waals surface area contributed by atoms with Crippen molar-refractivity contribution >= 4 is 23.9 Å². The van der Waals surface area contributed by atoms with Gasteiger partial charge in [-0.05, 0) is 19.1 Å². The molecule has 1 aromatic rings. The van der Waals surface area contributed by atoms with Crippen LogP contribution in [0.15, 0.2) is 12.1 Å². The molecule has 1 aromatic carbocycles. The first-order chi connectivity index (χ1) is 7.10. The van der Waals surface area contributed by atoms with E-state index in [-0.39, 0.29) is 22.8 Å². The first-order valence-electron chi connectivity index (χ1n) is 4.21. The zero-order chi connectivity index (χ0) is 11.4. The quantitative estimate of drug-likeness (QED) is 0.592. The predicted octanol–water partition coefficient (Wildman–Crippen LogP) is 2.47. The van der Waals surface area contributed by atoms with Crippen LogP contribution in [0.3, 0.4) is 0 Å².